The molecule has 3 rings (SSSR count). The number of carbonyl (C=O) groups is 1. The first-order valence-electron chi connectivity index (χ1n) is 6.44. The molecule has 2 aliphatic rings. The number of hydrogen-bond donors (Lipinski definition) is 1. The van der Waals surface area contributed by atoms with Crippen LogP contribution in [0.3, 0.4) is 0 Å². The summed E-state index contributed by atoms with van der Waals surface area (Å²) in [5.74, 6) is 1.59. The van der Waals surface area contributed by atoms with E-state index in [4.69, 9.17) is 5.26 Å². The van der Waals surface area contributed by atoms with E-state index in [2.05, 4.69) is 10.3 Å². The lowest BCUT2D eigenvalue weighted by Crippen LogP contribution is -2.20. The highest BCUT2D eigenvalue weighted by molar-refractivity contribution is 5.95. The minimum Gasteiger partial charge on any atom is -0.325 e. The van der Waals surface area contributed by atoms with E-state index in [9.17, 15) is 4.79 Å². The van der Waals surface area contributed by atoms with Crippen molar-refractivity contribution in [3.8, 4) is 6.07 Å². The van der Waals surface area contributed by atoms with Gasteiger partial charge in [-0.2, -0.15) is 5.26 Å². The number of nitrogens with one attached hydrogen (secondary N) is 1. The van der Waals surface area contributed by atoms with Gasteiger partial charge in [-0.1, -0.05) is 19.3 Å². The molecule has 4 nitrogen and oxygen atoms in total. The normalized spacial score (nSPS) is 25.9. The van der Waals surface area contributed by atoms with Crippen LogP contribution in [0.25, 0.3) is 0 Å². The Bertz CT molecular complexity index is 516. The van der Waals surface area contributed by atoms with E-state index >= 15 is 0 Å². The van der Waals surface area contributed by atoms with Crippen LogP contribution in [0.5, 0.6) is 0 Å². The summed E-state index contributed by atoms with van der Waals surface area (Å²) in [7, 11) is 0. The SMILES string of the molecule is N#Cc1cnccc1NC(=O)[C@@H]1C[C@H]1C1CCC1. The Morgan fingerprint density at radius 3 is 3.00 bits per heavy atom. The number of nitrogens with zero attached hydrogens (tertiary/aromatic N) is 2. The molecule has 0 saturated heterocycles. The summed E-state index contributed by atoms with van der Waals surface area (Å²) in [4.78, 5) is 15.9. The lowest BCUT2D eigenvalue weighted by Gasteiger charge is -2.25. The molecule has 2 atom stereocenters. The summed E-state index contributed by atoms with van der Waals surface area (Å²) in [6.45, 7) is 0. The van der Waals surface area contributed by atoms with Crippen LogP contribution in [0, 0.1) is 29.1 Å². The van der Waals surface area contributed by atoms with Gasteiger partial charge in [0.05, 0.1) is 11.3 Å². The number of anilines is 1. The van der Waals surface area contributed by atoms with Gasteiger partial charge in [0, 0.05) is 18.3 Å². The predicted molar refractivity (Wildman–Crippen MR) is 66.5 cm³/mol. The van der Waals surface area contributed by atoms with Gasteiger partial charge in [-0.15, -0.1) is 0 Å². The van der Waals surface area contributed by atoms with E-state index in [1.807, 2.05) is 6.07 Å². The molecular formula is C14H15N3O. The summed E-state index contributed by atoms with van der Waals surface area (Å²) < 4.78 is 0. The van der Waals surface area contributed by atoms with Crippen molar-refractivity contribution in [2.24, 2.45) is 17.8 Å². The number of amides is 1. The molecule has 2 saturated carbocycles. The highest BCUT2D eigenvalue weighted by Crippen LogP contribution is 2.51. The third kappa shape index (κ3) is 1.97. The average molecular weight is 241 g/mol. The molecule has 2 aliphatic carbocycles. The number of carbonyl (C=O) groups excluding carboxylic acids is 1. The molecule has 0 unspecified atom stereocenters. The molecule has 1 amide bonds. The van der Waals surface area contributed by atoms with Gasteiger partial charge in [0.25, 0.3) is 0 Å². The van der Waals surface area contributed by atoms with Crippen molar-refractivity contribution in [2.75, 3.05) is 5.32 Å². The maximum absolute atomic E-state index is 12.1. The number of hydrogen-bond acceptors (Lipinski definition) is 3. The van der Waals surface area contributed by atoms with Gasteiger partial charge in [0.15, 0.2) is 0 Å². The van der Waals surface area contributed by atoms with Crippen LogP contribution in [-0.2, 0) is 4.79 Å². The van der Waals surface area contributed by atoms with Crippen molar-refractivity contribution in [2.45, 2.75) is 25.7 Å². The van der Waals surface area contributed by atoms with Crippen LogP contribution in [0.4, 0.5) is 5.69 Å². The Morgan fingerprint density at radius 2 is 2.33 bits per heavy atom. The fourth-order valence-corrected chi connectivity index (χ4v) is 2.72. The van der Waals surface area contributed by atoms with E-state index in [-0.39, 0.29) is 11.8 Å². The van der Waals surface area contributed by atoms with E-state index in [1.165, 1.54) is 25.5 Å². The first-order chi connectivity index (χ1) is 8.79. The van der Waals surface area contributed by atoms with Gasteiger partial charge in [-0.3, -0.25) is 9.78 Å². The molecule has 0 radical (unpaired) electrons. The molecule has 0 aromatic carbocycles. The molecule has 0 spiro atoms. The first kappa shape index (κ1) is 11.2. The molecule has 1 N–H and O–H groups in total. The Balaban J connectivity index is 1.63. The topological polar surface area (TPSA) is 65.8 Å². The third-order valence-corrected chi connectivity index (χ3v) is 4.13. The minimum atomic E-state index is 0.0644. The smallest absolute Gasteiger partial charge is 0.227 e. The van der Waals surface area contributed by atoms with Crippen molar-refractivity contribution >= 4 is 11.6 Å². The summed E-state index contributed by atoms with van der Waals surface area (Å²) in [5, 5.41) is 11.8. The summed E-state index contributed by atoms with van der Waals surface area (Å²) in [6.07, 6.45) is 7.97. The monoisotopic (exact) mass is 241 g/mol. The number of rotatable bonds is 3. The van der Waals surface area contributed by atoms with Crippen LogP contribution in [-0.4, -0.2) is 10.9 Å². The molecule has 92 valence electrons. The lowest BCUT2D eigenvalue weighted by atomic mass is 9.81. The van der Waals surface area contributed by atoms with Crippen LogP contribution in [0.15, 0.2) is 18.5 Å². The van der Waals surface area contributed by atoms with E-state index in [0.717, 1.165) is 12.3 Å². The Kier molecular flexibility index (Phi) is 2.75. The van der Waals surface area contributed by atoms with Gasteiger partial charge in [0.1, 0.15) is 6.07 Å². The Labute approximate surface area is 106 Å². The molecule has 1 aromatic rings. The second-order valence-electron chi connectivity index (χ2n) is 5.22. The number of pyridine rings is 1. The maximum atomic E-state index is 12.1. The zero-order valence-corrected chi connectivity index (χ0v) is 10.1. The lowest BCUT2D eigenvalue weighted by molar-refractivity contribution is -0.117. The fourth-order valence-electron chi connectivity index (χ4n) is 2.72. The largest absolute Gasteiger partial charge is 0.325 e. The molecule has 1 heterocycles. The zero-order valence-electron chi connectivity index (χ0n) is 10.1. The van der Waals surface area contributed by atoms with Gasteiger partial charge in [-0.05, 0) is 24.3 Å². The van der Waals surface area contributed by atoms with E-state index in [0.29, 0.717) is 17.2 Å². The standard InChI is InChI=1S/C14H15N3O/c15-7-10-8-16-5-4-13(10)17-14(18)12-6-11(12)9-2-1-3-9/h4-5,8-9,11-12H,1-3,6H2,(H,16,17,18)/t11-,12+/m0/s1. The van der Waals surface area contributed by atoms with Gasteiger partial charge < -0.3 is 5.32 Å². The molecule has 18 heavy (non-hydrogen) atoms. The molecule has 1 aromatic heterocycles. The van der Waals surface area contributed by atoms with Crippen LogP contribution in [0.2, 0.25) is 0 Å². The molecule has 0 bridgehead atoms. The van der Waals surface area contributed by atoms with Gasteiger partial charge in [-0.25, -0.2) is 0 Å². The van der Waals surface area contributed by atoms with Gasteiger partial charge >= 0.3 is 0 Å². The van der Waals surface area contributed by atoms with E-state index in [1.54, 1.807) is 12.3 Å². The van der Waals surface area contributed by atoms with Crippen molar-refractivity contribution < 1.29 is 4.79 Å². The zero-order chi connectivity index (χ0) is 12.5. The molecule has 2 fully saturated rings. The summed E-state index contributed by atoms with van der Waals surface area (Å²) in [5.41, 5.74) is 1.00. The predicted octanol–water partition coefficient (Wildman–Crippen LogP) is 2.33. The summed E-state index contributed by atoms with van der Waals surface area (Å²) >= 11 is 0. The van der Waals surface area contributed by atoms with Crippen LogP contribution in [0.1, 0.15) is 31.2 Å². The van der Waals surface area contributed by atoms with Crippen molar-refractivity contribution in [3.05, 3.63) is 24.0 Å². The highest BCUT2D eigenvalue weighted by Gasteiger charge is 2.48. The van der Waals surface area contributed by atoms with Crippen LogP contribution < -0.4 is 5.32 Å². The molecule has 4 heteroatoms. The third-order valence-electron chi connectivity index (χ3n) is 4.13. The quantitative estimate of drug-likeness (QED) is 0.883. The Hall–Kier alpha value is -1.89. The second kappa shape index (κ2) is 4.41. The van der Waals surface area contributed by atoms with Crippen LogP contribution >= 0.6 is 0 Å². The fraction of sp³-hybridized carbons (Fsp3) is 0.500. The average Bonchev–Trinajstić information content (AvgIpc) is 3.07. The number of nitriles is 1. The van der Waals surface area contributed by atoms with E-state index < -0.39 is 0 Å². The van der Waals surface area contributed by atoms with Gasteiger partial charge in [0.2, 0.25) is 5.91 Å². The second-order valence-corrected chi connectivity index (χ2v) is 5.22. The number of aromatic nitrogens is 1. The Morgan fingerprint density at radius 1 is 1.50 bits per heavy atom. The highest BCUT2D eigenvalue weighted by atomic mass is 16.2. The minimum absolute atomic E-state index is 0.0644. The maximum Gasteiger partial charge on any atom is 0.227 e. The van der Waals surface area contributed by atoms with Crippen molar-refractivity contribution in [1.29, 1.82) is 5.26 Å². The van der Waals surface area contributed by atoms with Crippen molar-refractivity contribution in [3.63, 3.8) is 0 Å². The molecular weight excluding hydrogens is 226 g/mol. The molecule has 0 aliphatic heterocycles. The first-order valence-corrected chi connectivity index (χ1v) is 6.44. The summed E-state index contributed by atoms with van der Waals surface area (Å²) in [6, 6.07) is 3.72. The van der Waals surface area contributed by atoms with Crippen molar-refractivity contribution in [1.82, 2.24) is 4.98 Å².